The highest BCUT2D eigenvalue weighted by Gasteiger charge is 2.58. The molecular weight excluding hydrogens is 440 g/mol. The van der Waals surface area contributed by atoms with Gasteiger partial charge in [-0.3, -0.25) is 9.69 Å². The molecule has 4 aliphatic rings. The summed E-state index contributed by atoms with van der Waals surface area (Å²) in [7, 11) is 3.31. The molecule has 0 aromatic heterocycles. The van der Waals surface area contributed by atoms with Crippen LogP contribution in [0.1, 0.15) is 40.0 Å². The van der Waals surface area contributed by atoms with Gasteiger partial charge in [0.25, 0.3) is 0 Å². The third kappa shape index (κ3) is 5.26. The van der Waals surface area contributed by atoms with E-state index in [-0.39, 0.29) is 36.7 Å². The summed E-state index contributed by atoms with van der Waals surface area (Å²) in [6.07, 6.45) is 1.74. The average Bonchev–Trinajstić information content (AvgIpc) is 3.35. The number of nitrogens with one attached hydrogen (secondary N) is 1. The van der Waals surface area contributed by atoms with E-state index in [1.807, 2.05) is 13.8 Å². The predicted molar refractivity (Wildman–Crippen MR) is 123 cm³/mol. The number of likely N-dealkylation sites (tertiary alicyclic amines) is 2. The van der Waals surface area contributed by atoms with Gasteiger partial charge in [-0.15, -0.1) is 0 Å². The topological polar surface area (TPSA) is 106 Å². The van der Waals surface area contributed by atoms with E-state index < -0.39 is 17.7 Å². The number of amides is 1. The first-order chi connectivity index (χ1) is 16.2. The minimum absolute atomic E-state index is 0.0199. The van der Waals surface area contributed by atoms with Crippen LogP contribution >= 0.6 is 0 Å². The molecule has 192 valence electrons. The maximum atomic E-state index is 12.6. The van der Waals surface area contributed by atoms with Gasteiger partial charge in [-0.2, -0.15) is 5.26 Å². The van der Waals surface area contributed by atoms with Crippen molar-refractivity contribution in [3.8, 4) is 6.07 Å². The summed E-state index contributed by atoms with van der Waals surface area (Å²) in [4.78, 5) is 16.7. The number of nitriles is 1. The van der Waals surface area contributed by atoms with E-state index >= 15 is 0 Å². The number of piperidine rings is 1. The van der Waals surface area contributed by atoms with E-state index in [2.05, 4.69) is 23.2 Å². The molecule has 34 heavy (non-hydrogen) atoms. The molecule has 0 bridgehead atoms. The van der Waals surface area contributed by atoms with E-state index in [1.165, 1.54) is 0 Å². The number of nitrogens with zero attached hydrogens (tertiary/aromatic N) is 3. The summed E-state index contributed by atoms with van der Waals surface area (Å²) in [6, 6.07) is 2.24. The Labute approximate surface area is 202 Å². The molecule has 1 unspecified atom stereocenters. The third-order valence-electron chi connectivity index (χ3n) is 7.60. The lowest BCUT2D eigenvalue weighted by molar-refractivity contribution is -0.327. The molecule has 0 saturated carbocycles. The molecule has 4 saturated heterocycles. The normalized spacial score (nSPS) is 38.6. The first-order valence-corrected chi connectivity index (χ1v) is 12.4. The first-order valence-electron chi connectivity index (χ1n) is 12.4. The second-order valence-electron chi connectivity index (χ2n) is 10.6. The summed E-state index contributed by atoms with van der Waals surface area (Å²) in [5, 5.41) is 12.7. The van der Waals surface area contributed by atoms with Gasteiger partial charge >= 0.3 is 0 Å². The Morgan fingerprint density at radius 1 is 1.24 bits per heavy atom. The number of hydrogen-bond acceptors (Lipinski definition) is 9. The van der Waals surface area contributed by atoms with Crippen LogP contribution in [-0.4, -0.2) is 111 Å². The zero-order chi connectivity index (χ0) is 24.5. The number of fused-ring (bicyclic) bond motifs is 1. The summed E-state index contributed by atoms with van der Waals surface area (Å²) >= 11 is 0. The van der Waals surface area contributed by atoms with Crippen LogP contribution < -0.4 is 5.32 Å². The molecule has 0 aliphatic carbocycles. The molecule has 4 fully saturated rings. The summed E-state index contributed by atoms with van der Waals surface area (Å²) < 4.78 is 30.1. The zero-order valence-corrected chi connectivity index (χ0v) is 21.1. The van der Waals surface area contributed by atoms with Crippen molar-refractivity contribution in [2.75, 3.05) is 53.6 Å². The number of carbonyl (C=O) groups is 1. The molecule has 4 heterocycles. The quantitative estimate of drug-likeness (QED) is 0.564. The van der Waals surface area contributed by atoms with Crippen molar-refractivity contribution in [1.29, 1.82) is 5.26 Å². The summed E-state index contributed by atoms with van der Waals surface area (Å²) in [5.41, 5.74) is 0. The molecule has 0 radical (unpaired) electrons. The molecule has 0 aromatic rings. The average molecular weight is 481 g/mol. The number of rotatable bonds is 7. The van der Waals surface area contributed by atoms with Gasteiger partial charge in [-0.1, -0.05) is 6.92 Å². The highest BCUT2D eigenvalue weighted by atomic mass is 16.8. The smallest absolute Gasteiger partial charge is 0.237 e. The predicted octanol–water partition coefficient (Wildman–Crippen LogP) is 0.709. The highest BCUT2D eigenvalue weighted by molar-refractivity contribution is 5.79. The Morgan fingerprint density at radius 3 is 2.62 bits per heavy atom. The van der Waals surface area contributed by atoms with Crippen LogP contribution in [0.25, 0.3) is 0 Å². The van der Waals surface area contributed by atoms with Crippen molar-refractivity contribution in [2.45, 2.75) is 82.0 Å². The fourth-order valence-corrected chi connectivity index (χ4v) is 5.88. The highest BCUT2D eigenvalue weighted by Crippen LogP contribution is 2.40. The zero-order valence-electron chi connectivity index (χ0n) is 21.1. The van der Waals surface area contributed by atoms with Gasteiger partial charge in [0.2, 0.25) is 11.7 Å². The van der Waals surface area contributed by atoms with E-state index in [0.717, 1.165) is 32.4 Å². The maximum absolute atomic E-state index is 12.6. The van der Waals surface area contributed by atoms with Gasteiger partial charge in [0, 0.05) is 26.8 Å². The molecule has 4 aliphatic heterocycles. The largest absolute Gasteiger partial charge is 0.373 e. The van der Waals surface area contributed by atoms with Crippen LogP contribution in [0.15, 0.2) is 0 Å². The molecule has 0 spiro atoms. The Bertz CT molecular complexity index is 767. The van der Waals surface area contributed by atoms with E-state index in [4.69, 9.17) is 23.7 Å². The second-order valence-corrected chi connectivity index (χ2v) is 10.6. The van der Waals surface area contributed by atoms with Crippen molar-refractivity contribution in [1.82, 2.24) is 15.1 Å². The maximum Gasteiger partial charge on any atom is 0.237 e. The molecule has 6 atom stereocenters. The van der Waals surface area contributed by atoms with E-state index in [9.17, 15) is 10.1 Å². The molecule has 4 rings (SSSR count). The third-order valence-corrected chi connectivity index (χ3v) is 7.60. The van der Waals surface area contributed by atoms with E-state index in [1.54, 1.807) is 19.1 Å². The van der Waals surface area contributed by atoms with Crippen molar-refractivity contribution in [3.05, 3.63) is 0 Å². The van der Waals surface area contributed by atoms with Crippen LogP contribution in [0.5, 0.6) is 0 Å². The lowest BCUT2D eigenvalue weighted by Gasteiger charge is -2.48. The molecule has 1 amide bonds. The SMILES string of the molecule is CO[C@H]1[C@@H]2OC(C)(C)O[C@@H]2CO[C@@]1(CN1CCC(NCC(=O)N2CC(C)C[C@H]2C#N)CC1)OC. The number of ether oxygens (including phenoxy) is 5. The van der Waals surface area contributed by atoms with Gasteiger partial charge in [0.15, 0.2) is 5.79 Å². The van der Waals surface area contributed by atoms with Gasteiger partial charge in [0.1, 0.15) is 24.4 Å². The van der Waals surface area contributed by atoms with Gasteiger partial charge in [0.05, 0.1) is 25.8 Å². The Balaban J connectivity index is 1.28. The van der Waals surface area contributed by atoms with Crippen molar-refractivity contribution in [2.24, 2.45) is 5.92 Å². The monoisotopic (exact) mass is 480 g/mol. The van der Waals surface area contributed by atoms with Gasteiger partial charge in [-0.05, 0) is 52.1 Å². The molecule has 1 N–H and O–H groups in total. The molecule has 10 nitrogen and oxygen atoms in total. The fourth-order valence-electron chi connectivity index (χ4n) is 5.88. The molecule has 0 aromatic carbocycles. The summed E-state index contributed by atoms with van der Waals surface area (Å²) in [6.45, 7) is 9.51. The van der Waals surface area contributed by atoms with Crippen molar-refractivity contribution < 1.29 is 28.5 Å². The molecule has 10 heteroatoms. The van der Waals surface area contributed by atoms with E-state index in [0.29, 0.717) is 25.6 Å². The number of carbonyl (C=O) groups excluding carboxylic acids is 1. The van der Waals surface area contributed by atoms with Gasteiger partial charge < -0.3 is 33.9 Å². The van der Waals surface area contributed by atoms with Crippen LogP contribution in [0.2, 0.25) is 0 Å². The van der Waals surface area contributed by atoms with Crippen LogP contribution in [-0.2, 0) is 28.5 Å². The Hall–Kier alpha value is -1.32. The Kier molecular flexibility index (Phi) is 7.84. The fraction of sp³-hybridized carbons (Fsp3) is 0.917. The lowest BCUT2D eigenvalue weighted by atomic mass is 9.94. The van der Waals surface area contributed by atoms with Crippen molar-refractivity contribution in [3.63, 3.8) is 0 Å². The number of methoxy groups -OCH3 is 2. The van der Waals surface area contributed by atoms with Crippen LogP contribution in [0, 0.1) is 17.2 Å². The summed E-state index contributed by atoms with van der Waals surface area (Å²) in [5.74, 6) is -1.22. The van der Waals surface area contributed by atoms with Gasteiger partial charge in [-0.25, -0.2) is 0 Å². The minimum atomic E-state index is -0.936. The van der Waals surface area contributed by atoms with Crippen molar-refractivity contribution >= 4 is 5.91 Å². The minimum Gasteiger partial charge on any atom is -0.373 e. The standard InChI is InChI=1S/C24H40N4O6/c1-16-10-18(11-25)28(13-16)20(29)12-26-17-6-8-27(9-7-17)15-24(31-5)22(30-4)21-19(14-32-24)33-23(2,3)34-21/h16-19,21-22,26H,6-10,12-15H2,1-5H3/t16?,18-,19+,21+,22-,24+/m0/s1. The molecular formula is C24H40N4O6. The number of hydrogen-bond donors (Lipinski definition) is 1. The first kappa shape index (κ1) is 25.8. The Morgan fingerprint density at radius 2 is 1.97 bits per heavy atom. The van der Waals surface area contributed by atoms with Crippen LogP contribution in [0.4, 0.5) is 0 Å². The lowest BCUT2D eigenvalue weighted by Crippen LogP contribution is -2.66. The second kappa shape index (κ2) is 10.3. The van der Waals surface area contributed by atoms with Crippen LogP contribution in [0.3, 0.4) is 0 Å².